The fourth-order valence-corrected chi connectivity index (χ4v) is 6.62. The summed E-state index contributed by atoms with van der Waals surface area (Å²) in [6.07, 6.45) is 0. The highest BCUT2D eigenvalue weighted by atomic mass is 16.3. The Labute approximate surface area is 257 Å². The van der Waals surface area contributed by atoms with Gasteiger partial charge in [0.15, 0.2) is 0 Å². The predicted molar refractivity (Wildman–Crippen MR) is 183 cm³/mol. The SMILES string of the molecule is [2H]c1c([2H])c([2H])c2c(-c3cccc4oc5ccccc5c34)c([2H])c([2H])c(-c3c4ccccc4c(-c4ccccc4)c4ccccc34)c2c1[2H]. The summed E-state index contributed by atoms with van der Waals surface area (Å²) in [5.41, 5.74) is 5.17. The molecule has 9 rings (SSSR count). The van der Waals surface area contributed by atoms with E-state index in [1.807, 2.05) is 97.1 Å². The van der Waals surface area contributed by atoms with Gasteiger partial charge in [-0.1, -0.05) is 145 Å². The molecule has 1 heteroatoms. The number of hydrogen-bond donors (Lipinski definition) is 0. The van der Waals surface area contributed by atoms with Crippen LogP contribution in [0, 0.1) is 0 Å². The van der Waals surface area contributed by atoms with Gasteiger partial charge in [0.05, 0.1) is 8.22 Å². The van der Waals surface area contributed by atoms with Gasteiger partial charge in [0.1, 0.15) is 11.2 Å². The van der Waals surface area contributed by atoms with Crippen LogP contribution in [0.3, 0.4) is 0 Å². The van der Waals surface area contributed by atoms with Gasteiger partial charge >= 0.3 is 0 Å². The van der Waals surface area contributed by atoms with E-state index in [1.54, 1.807) is 0 Å². The highest BCUT2D eigenvalue weighted by molar-refractivity contribution is 6.24. The number of furan rings is 1. The normalized spacial score (nSPS) is 13.7. The molecule has 0 amide bonds. The molecule has 0 unspecified atom stereocenters. The van der Waals surface area contributed by atoms with Crippen molar-refractivity contribution in [1.82, 2.24) is 0 Å². The molecule has 0 aliphatic rings. The van der Waals surface area contributed by atoms with Crippen molar-refractivity contribution in [1.29, 1.82) is 0 Å². The fourth-order valence-electron chi connectivity index (χ4n) is 6.62. The van der Waals surface area contributed by atoms with Crippen LogP contribution < -0.4 is 0 Å². The molecule has 0 spiro atoms. The van der Waals surface area contributed by atoms with Crippen LogP contribution in [0.1, 0.15) is 8.22 Å². The lowest BCUT2D eigenvalue weighted by atomic mass is 9.83. The van der Waals surface area contributed by atoms with E-state index in [2.05, 4.69) is 24.3 Å². The first-order valence-electron chi connectivity index (χ1n) is 17.3. The molecular formula is C42H26O. The summed E-state index contributed by atoms with van der Waals surface area (Å²) in [7, 11) is 0. The van der Waals surface area contributed by atoms with Gasteiger partial charge in [0, 0.05) is 10.8 Å². The Morgan fingerprint density at radius 3 is 1.60 bits per heavy atom. The minimum atomic E-state index is -0.389. The maximum absolute atomic E-state index is 9.73. The monoisotopic (exact) mass is 552 g/mol. The molecule has 0 bridgehead atoms. The van der Waals surface area contributed by atoms with E-state index < -0.39 is 0 Å². The van der Waals surface area contributed by atoms with Crippen molar-refractivity contribution in [2.24, 2.45) is 0 Å². The summed E-state index contributed by atoms with van der Waals surface area (Å²) < 4.78 is 61.7. The third kappa shape index (κ3) is 3.58. The Morgan fingerprint density at radius 2 is 0.907 bits per heavy atom. The highest BCUT2D eigenvalue weighted by Gasteiger charge is 2.20. The summed E-state index contributed by atoms with van der Waals surface area (Å²) in [6.45, 7) is 0. The molecular weight excluding hydrogens is 520 g/mol. The fraction of sp³-hybridized carbons (Fsp3) is 0. The largest absolute Gasteiger partial charge is 0.456 e. The third-order valence-corrected chi connectivity index (χ3v) is 8.42. The van der Waals surface area contributed by atoms with Gasteiger partial charge in [-0.3, -0.25) is 0 Å². The third-order valence-electron chi connectivity index (χ3n) is 8.42. The molecule has 8 aromatic carbocycles. The molecule has 9 aromatic rings. The van der Waals surface area contributed by atoms with E-state index in [0.29, 0.717) is 27.9 Å². The van der Waals surface area contributed by atoms with Gasteiger partial charge in [-0.25, -0.2) is 0 Å². The van der Waals surface area contributed by atoms with Crippen LogP contribution in [-0.4, -0.2) is 0 Å². The first-order valence-corrected chi connectivity index (χ1v) is 14.3. The van der Waals surface area contributed by atoms with E-state index in [0.717, 1.165) is 43.4 Å². The average Bonchev–Trinajstić information content (AvgIpc) is 3.53. The van der Waals surface area contributed by atoms with Gasteiger partial charge in [-0.05, 0) is 77.8 Å². The molecule has 0 atom stereocenters. The van der Waals surface area contributed by atoms with Gasteiger partial charge in [-0.2, -0.15) is 0 Å². The topological polar surface area (TPSA) is 13.1 Å². The molecule has 0 N–H and O–H groups in total. The van der Waals surface area contributed by atoms with Gasteiger partial charge < -0.3 is 4.42 Å². The lowest BCUT2D eigenvalue weighted by molar-refractivity contribution is 0.669. The van der Waals surface area contributed by atoms with Crippen LogP contribution in [-0.2, 0) is 0 Å². The molecule has 0 aliphatic carbocycles. The number of para-hydroxylation sites is 1. The van der Waals surface area contributed by atoms with Crippen molar-refractivity contribution in [3.63, 3.8) is 0 Å². The summed E-state index contributed by atoms with van der Waals surface area (Å²) in [5.74, 6) is 0. The second-order valence-corrected chi connectivity index (χ2v) is 10.7. The van der Waals surface area contributed by atoms with Crippen molar-refractivity contribution in [3.05, 3.63) is 158 Å². The Kier molecular flexibility index (Phi) is 4.11. The van der Waals surface area contributed by atoms with Crippen molar-refractivity contribution in [3.8, 4) is 33.4 Å². The second-order valence-electron chi connectivity index (χ2n) is 10.7. The Hall–Kier alpha value is -5.66. The van der Waals surface area contributed by atoms with Crippen LogP contribution in [0.25, 0.3) is 87.6 Å². The first-order chi connectivity index (χ1) is 23.9. The quantitative estimate of drug-likeness (QED) is 0.199. The average molecular weight is 553 g/mol. The Bertz CT molecular complexity index is 2780. The molecule has 1 heterocycles. The molecule has 0 saturated carbocycles. The minimum absolute atomic E-state index is 0.111. The zero-order valence-corrected chi connectivity index (χ0v) is 23.0. The van der Waals surface area contributed by atoms with E-state index in [9.17, 15) is 5.48 Å². The van der Waals surface area contributed by atoms with Gasteiger partial charge in [-0.15, -0.1) is 0 Å². The number of benzene rings is 8. The lowest BCUT2D eigenvalue weighted by Gasteiger charge is -2.19. The molecule has 0 saturated heterocycles. The summed E-state index contributed by atoms with van der Waals surface area (Å²) >= 11 is 0. The van der Waals surface area contributed by atoms with Crippen LogP contribution in [0.15, 0.2) is 162 Å². The molecule has 1 nitrogen and oxygen atoms in total. The summed E-state index contributed by atoms with van der Waals surface area (Å²) in [4.78, 5) is 0. The van der Waals surface area contributed by atoms with E-state index >= 15 is 0 Å². The van der Waals surface area contributed by atoms with Crippen LogP contribution in [0.2, 0.25) is 0 Å². The van der Waals surface area contributed by atoms with E-state index in [-0.39, 0.29) is 52.6 Å². The Morgan fingerprint density at radius 1 is 0.372 bits per heavy atom. The first kappa shape index (κ1) is 18.7. The van der Waals surface area contributed by atoms with Crippen molar-refractivity contribution >= 4 is 54.3 Å². The minimum Gasteiger partial charge on any atom is -0.456 e. The van der Waals surface area contributed by atoms with E-state index in [1.165, 1.54) is 0 Å². The van der Waals surface area contributed by atoms with E-state index in [4.69, 9.17) is 7.16 Å². The number of rotatable bonds is 3. The van der Waals surface area contributed by atoms with Crippen LogP contribution in [0.4, 0.5) is 0 Å². The van der Waals surface area contributed by atoms with Crippen LogP contribution >= 0.6 is 0 Å². The predicted octanol–water partition coefficient (Wildman–Crippen LogP) is 12.0. The van der Waals surface area contributed by atoms with Gasteiger partial charge in [0.25, 0.3) is 0 Å². The number of fused-ring (bicyclic) bond motifs is 6. The standard InChI is InChI=1S/C42H26O/c1-2-13-27(14-3-1)40-32-17-6-8-19-34(32)41(35-20-9-7-18-33(35)40)36-26-25-30(28-15-4-5-16-29(28)36)31-22-12-24-39-42(31)37-21-10-11-23-38(37)43-39/h1-26H/i4D,5D,15D,16D,25D,26D. The van der Waals surface area contributed by atoms with Gasteiger partial charge in [0.2, 0.25) is 0 Å². The maximum Gasteiger partial charge on any atom is 0.136 e. The van der Waals surface area contributed by atoms with Crippen molar-refractivity contribution in [2.75, 3.05) is 0 Å². The zero-order valence-electron chi connectivity index (χ0n) is 29.0. The van der Waals surface area contributed by atoms with Crippen molar-refractivity contribution in [2.45, 2.75) is 0 Å². The molecule has 0 aliphatic heterocycles. The summed E-state index contributed by atoms with van der Waals surface area (Å²) in [6, 6.07) is 37.7. The maximum atomic E-state index is 9.73. The molecule has 1 aromatic heterocycles. The number of hydrogen-bond acceptors (Lipinski definition) is 1. The second kappa shape index (κ2) is 9.44. The lowest BCUT2D eigenvalue weighted by Crippen LogP contribution is -1.92. The molecule has 0 fully saturated rings. The van der Waals surface area contributed by atoms with Crippen molar-refractivity contribution < 1.29 is 12.6 Å². The van der Waals surface area contributed by atoms with Crippen LogP contribution in [0.5, 0.6) is 0 Å². The smallest absolute Gasteiger partial charge is 0.136 e. The molecule has 0 radical (unpaired) electrons. The molecule has 43 heavy (non-hydrogen) atoms. The zero-order chi connectivity index (χ0) is 33.6. The Balaban J connectivity index is 1.52. The highest BCUT2D eigenvalue weighted by Crippen LogP contribution is 2.47. The molecule has 200 valence electrons. The summed E-state index contributed by atoms with van der Waals surface area (Å²) in [5, 5.41) is 5.53.